The van der Waals surface area contributed by atoms with Crippen LogP contribution in [0.4, 0.5) is 0 Å². The molecule has 2 rings (SSSR count). The van der Waals surface area contributed by atoms with Crippen LogP contribution in [0.25, 0.3) is 0 Å². The number of nitrogens with one attached hydrogen (secondary N) is 1. The molecule has 1 fully saturated rings. The lowest BCUT2D eigenvalue weighted by molar-refractivity contribution is -0.141. The highest BCUT2D eigenvalue weighted by atomic mass is 16.5. The first kappa shape index (κ1) is 15.6. The van der Waals surface area contributed by atoms with Crippen LogP contribution in [0.2, 0.25) is 0 Å². The van der Waals surface area contributed by atoms with E-state index in [-0.39, 0.29) is 12.0 Å². The molecule has 2 unspecified atom stereocenters. The van der Waals surface area contributed by atoms with Crippen molar-refractivity contribution in [2.24, 2.45) is 5.92 Å². The van der Waals surface area contributed by atoms with Crippen molar-refractivity contribution in [2.75, 3.05) is 27.9 Å². The molecule has 2 atom stereocenters. The number of ether oxygens (including phenoxy) is 3. The molecule has 0 spiro atoms. The first-order valence-corrected chi connectivity index (χ1v) is 6.80. The summed E-state index contributed by atoms with van der Waals surface area (Å²) in [6, 6.07) is 3.74. The lowest BCUT2D eigenvalue weighted by Crippen LogP contribution is -2.17. The average molecular weight is 295 g/mol. The van der Waals surface area contributed by atoms with Gasteiger partial charge in [-0.2, -0.15) is 0 Å². The molecule has 1 saturated heterocycles. The van der Waals surface area contributed by atoms with E-state index in [1.54, 1.807) is 21.3 Å². The first-order chi connectivity index (χ1) is 10.1. The van der Waals surface area contributed by atoms with E-state index in [2.05, 4.69) is 5.32 Å². The summed E-state index contributed by atoms with van der Waals surface area (Å²) in [5, 5.41) is 12.4. The Balaban J connectivity index is 2.33. The minimum absolute atomic E-state index is 0.0393. The average Bonchev–Trinajstić information content (AvgIpc) is 2.97. The molecule has 6 heteroatoms. The molecule has 21 heavy (non-hydrogen) atoms. The van der Waals surface area contributed by atoms with Gasteiger partial charge in [0.25, 0.3) is 0 Å². The molecule has 0 bridgehead atoms. The van der Waals surface area contributed by atoms with Crippen molar-refractivity contribution in [3.63, 3.8) is 0 Å². The molecule has 6 nitrogen and oxygen atoms in total. The highest BCUT2D eigenvalue weighted by molar-refractivity contribution is 5.71. The molecule has 0 saturated carbocycles. The number of hydrogen-bond acceptors (Lipinski definition) is 5. The number of carboxylic acids is 1. The number of carboxylic acid groups (broad SMARTS) is 1. The van der Waals surface area contributed by atoms with Gasteiger partial charge in [-0.3, -0.25) is 4.79 Å². The van der Waals surface area contributed by atoms with Crippen molar-refractivity contribution in [1.29, 1.82) is 0 Å². The SMILES string of the molecule is COCc1cc(C2CC(C(=O)O)CN2)c(OC)cc1OC. The van der Waals surface area contributed by atoms with Crippen LogP contribution in [0, 0.1) is 5.92 Å². The van der Waals surface area contributed by atoms with Gasteiger partial charge >= 0.3 is 5.97 Å². The number of benzene rings is 1. The highest BCUT2D eigenvalue weighted by Crippen LogP contribution is 2.37. The third kappa shape index (κ3) is 3.28. The van der Waals surface area contributed by atoms with Crippen molar-refractivity contribution in [1.82, 2.24) is 5.32 Å². The predicted molar refractivity (Wildman–Crippen MR) is 76.7 cm³/mol. The quantitative estimate of drug-likeness (QED) is 0.830. The normalized spacial score (nSPS) is 21.3. The summed E-state index contributed by atoms with van der Waals surface area (Å²) in [6.45, 7) is 0.893. The summed E-state index contributed by atoms with van der Waals surface area (Å²) in [5.74, 6) is 0.253. The summed E-state index contributed by atoms with van der Waals surface area (Å²) in [5.41, 5.74) is 1.85. The highest BCUT2D eigenvalue weighted by Gasteiger charge is 2.32. The second-order valence-corrected chi connectivity index (χ2v) is 5.07. The Labute approximate surface area is 124 Å². The Morgan fingerprint density at radius 3 is 2.52 bits per heavy atom. The van der Waals surface area contributed by atoms with Crippen molar-refractivity contribution >= 4 is 5.97 Å². The van der Waals surface area contributed by atoms with Crippen molar-refractivity contribution < 1.29 is 24.1 Å². The molecule has 2 N–H and O–H groups in total. The van der Waals surface area contributed by atoms with Crippen LogP contribution in [0.1, 0.15) is 23.6 Å². The first-order valence-electron chi connectivity index (χ1n) is 6.80. The van der Waals surface area contributed by atoms with E-state index in [4.69, 9.17) is 19.3 Å². The van der Waals surface area contributed by atoms with Crippen LogP contribution >= 0.6 is 0 Å². The van der Waals surface area contributed by atoms with Gasteiger partial charge in [0.1, 0.15) is 11.5 Å². The molecule has 116 valence electrons. The van der Waals surface area contributed by atoms with E-state index in [9.17, 15) is 4.79 Å². The molecule has 1 aromatic carbocycles. The Morgan fingerprint density at radius 2 is 2.00 bits per heavy atom. The zero-order valence-electron chi connectivity index (χ0n) is 12.5. The Kier molecular flexibility index (Phi) is 5.03. The molecule has 0 amide bonds. The third-order valence-corrected chi connectivity index (χ3v) is 3.79. The lowest BCUT2D eigenvalue weighted by Gasteiger charge is -2.18. The van der Waals surface area contributed by atoms with Gasteiger partial charge in [0.05, 0.1) is 26.7 Å². The van der Waals surface area contributed by atoms with E-state index in [1.165, 1.54) is 0 Å². The van der Waals surface area contributed by atoms with Crippen LogP contribution in [0.5, 0.6) is 11.5 Å². The molecule has 1 aliphatic heterocycles. The summed E-state index contributed by atoms with van der Waals surface area (Å²) in [7, 11) is 4.82. The molecule has 1 heterocycles. The van der Waals surface area contributed by atoms with Gasteiger partial charge in [-0.05, 0) is 12.5 Å². The van der Waals surface area contributed by atoms with E-state index in [0.29, 0.717) is 31.1 Å². The molecule has 0 aliphatic carbocycles. The number of rotatable bonds is 6. The van der Waals surface area contributed by atoms with Crippen LogP contribution in [-0.4, -0.2) is 38.9 Å². The van der Waals surface area contributed by atoms with Gasteiger partial charge in [-0.25, -0.2) is 0 Å². The smallest absolute Gasteiger partial charge is 0.307 e. The van der Waals surface area contributed by atoms with Crippen LogP contribution in [0.3, 0.4) is 0 Å². The molecule has 0 aromatic heterocycles. The maximum Gasteiger partial charge on any atom is 0.307 e. The molecular weight excluding hydrogens is 274 g/mol. The third-order valence-electron chi connectivity index (χ3n) is 3.79. The second-order valence-electron chi connectivity index (χ2n) is 5.07. The monoisotopic (exact) mass is 295 g/mol. The van der Waals surface area contributed by atoms with Gasteiger partial charge in [0.15, 0.2) is 0 Å². The van der Waals surface area contributed by atoms with Crippen LogP contribution in [-0.2, 0) is 16.1 Å². The minimum atomic E-state index is -0.769. The summed E-state index contributed by atoms with van der Waals surface area (Å²) < 4.78 is 15.9. The predicted octanol–water partition coefficient (Wildman–Crippen LogP) is 1.59. The summed E-state index contributed by atoms with van der Waals surface area (Å²) in [6.07, 6.45) is 0.546. The molecular formula is C15H21NO5. The fraction of sp³-hybridized carbons (Fsp3) is 0.533. The minimum Gasteiger partial charge on any atom is -0.496 e. The number of aliphatic carboxylic acids is 1. The zero-order valence-corrected chi connectivity index (χ0v) is 12.5. The van der Waals surface area contributed by atoms with Gasteiger partial charge in [0, 0.05) is 36.9 Å². The maximum atomic E-state index is 11.1. The molecule has 1 aliphatic rings. The molecule has 1 aromatic rings. The number of methoxy groups -OCH3 is 3. The van der Waals surface area contributed by atoms with Gasteiger partial charge < -0.3 is 24.6 Å². The van der Waals surface area contributed by atoms with E-state index < -0.39 is 5.97 Å². The molecule has 0 radical (unpaired) electrons. The van der Waals surface area contributed by atoms with E-state index in [1.807, 2.05) is 12.1 Å². The maximum absolute atomic E-state index is 11.1. The standard InChI is InChI=1S/C15H21NO5/c1-19-8-10-4-11(14(21-3)6-13(10)20-2)12-5-9(7-16-12)15(17)18/h4,6,9,12,16H,5,7-8H2,1-3H3,(H,17,18). The van der Waals surface area contributed by atoms with Gasteiger partial charge in [-0.1, -0.05) is 0 Å². The fourth-order valence-corrected chi connectivity index (χ4v) is 2.69. The topological polar surface area (TPSA) is 77.0 Å². The van der Waals surface area contributed by atoms with Gasteiger partial charge in [0.2, 0.25) is 0 Å². The summed E-state index contributed by atoms with van der Waals surface area (Å²) >= 11 is 0. The fourth-order valence-electron chi connectivity index (χ4n) is 2.69. The Morgan fingerprint density at radius 1 is 1.29 bits per heavy atom. The van der Waals surface area contributed by atoms with Crippen LogP contribution in [0.15, 0.2) is 12.1 Å². The van der Waals surface area contributed by atoms with Crippen molar-refractivity contribution in [2.45, 2.75) is 19.1 Å². The van der Waals surface area contributed by atoms with Crippen molar-refractivity contribution in [3.05, 3.63) is 23.3 Å². The number of carbonyl (C=O) groups is 1. The Hall–Kier alpha value is -1.79. The van der Waals surface area contributed by atoms with E-state index in [0.717, 1.165) is 11.1 Å². The van der Waals surface area contributed by atoms with Gasteiger partial charge in [-0.15, -0.1) is 0 Å². The lowest BCUT2D eigenvalue weighted by atomic mass is 9.97. The largest absolute Gasteiger partial charge is 0.496 e. The Bertz CT molecular complexity index is 517. The summed E-state index contributed by atoms with van der Waals surface area (Å²) in [4.78, 5) is 11.1. The van der Waals surface area contributed by atoms with Crippen LogP contribution < -0.4 is 14.8 Å². The van der Waals surface area contributed by atoms with Crippen molar-refractivity contribution in [3.8, 4) is 11.5 Å². The number of hydrogen-bond donors (Lipinski definition) is 2. The van der Waals surface area contributed by atoms with E-state index >= 15 is 0 Å². The second kappa shape index (κ2) is 6.78. The zero-order chi connectivity index (χ0) is 15.4.